The minimum atomic E-state index is -1.03. The molecule has 3 aromatic rings. The largest absolute Gasteiger partial charge is 0.393 e. The van der Waals surface area contributed by atoms with Gasteiger partial charge in [0.25, 0.3) is 5.56 Å². The molecule has 4 heterocycles. The number of aliphatic hydroxyl groups is 2. The Morgan fingerprint density at radius 3 is 3.04 bits per heavy atom. The zero-order valence-corrected chi connectivity index (χ0v) is 14.6. The van der Waals surface area contributed by atoms with Crippen molar-refractivity contribution >= 4 is 27.5 Å². The second kappa shape index (κ2) is 6.63. The van der Waals surface area contributed by atoms with Gasteiger partial charge in [-0.25, -0.2) is 4.98 Å². The van der Waals surface area contributed by atoms with Crippen molar-refractivity contribution in [2.45, 2.75) is 25.7 Å². The van der Waals surface area contributed by atoms with Crippen LogP contribution in [0.25, 0.3) is 10.2 Å². The van der Waals surface area contributed by atoms with E-state index in [1.165, 1.54) is 22.2 Å². The van der Waals surface area contributed by atoms with E-state index in [2.05, 4.69) is 10.1 Å². The normalized spacial score (nSPS) is 15.2. The molecule has 0 bridgehead atoms. The van der Waals surface area contributed by atoms with Gasteiger partial charge in [-0.1, -0.05) is 0 Å². The zero-order chi connectivity index (χ0) is 18.3. The molecular weight excluding hydrogens is 358 g/mol. The Hall–Kier alpha value is -2.56. The minimum absolute atomic E-state index is 0.0695. The summed E-state index contributed by atoms with van der Waals surface area (Å²) in [5.74, 6) is -0.179. The van der Waals surface area contributed by atoms with Crippen LogP contribution in [0.15, 0.2) is 28.6 Å². The Bertz CT molecular complexity index is 1020. The molecule has 0 saturated heterocycles. The van der Waals surface area contributed by atoms with Crippen LogP contribution in [0.4, 0.5) is 0 Å². The highest BCUT2D eigenvalue weighted by Gasteiger charge is 2.24. The van der Waals surface area contributed by atoms with E-state index >= 15 is 0 Å². The van der Waals surface area contributed by atoms with Crippen LogP contribution in [0.2, 0.25) is 0 Å². The van der Waals surface area contributed by atoms with E-state index in [0.29, 0.717) is 35.5 Å². The Morgan fingerprint density at radius 1 is 1.38 bits per heavy atom. The lowest BCUT2D eigenvalue weighted by atomic mass is 10.2. The van der Waals surface area contributed by atoms with Gasteiger partial charge in [0.05, 0.1) is 42.9 Å². The number of rotatable bonds is 4. The maximum absolute atomic E-state index is 12.6. The molecule has 1 aliphatic rings. The summed E-state index contributed by atoms with van der Waals surface area (Å²) in [6, 6.07) is 3.46. The molecule has 26 heavy (non-hydrogen) atoms. The van der Waals surface area contributed by atoms with Crippen molar-refractivity contribution < 1.29 is 15.0 Å². The third kappa shape index (κ3) is 2.91. The maximum Gasteiger partial charge on any atom is 0.271 e. The van der Waals surface area contributed by atoms with Gasteiger partial charge in [-0.2, -0.15) is 5.10 Å². The summed E-state index contributed by atoms with van der Waals surface area (Å²) in [5, 5.41) is 24.8. The molecule has 0 unspecified atom stereocenters. The molecule has 4 rings (SSSR count). The minimum Gasteiger partial charge on any atom is -0.393 e. The Kier molecular flexibility index (Phi) is 4.31. The Morgan fingerprint density at radius 2 is 2.23 bits per heavy atom. The van der Waals surface area contributed by atoms with Crippen LogP contribution in [0, 0.1) is 0 Å². The summed E-state index contributed by atoms with van der Waals surface area (Å²) in [5.41, 5.74) is 1.60. The molecule has 0 spiro atoms. The summed E-state index contributed by atoms with van der Waals surface area (Å²) in [4.78, 5) is 30.9. The topological polar surface area (TPSA) is 113 Å². The van der Waals surface area contributed by atoms with Crippen LogP contribution < -0.4 is 5.56 Å². The maximum atomic E-state index is 12.6. The van der Waals surface area contributed by atoms with Gasteiger partial charge in [-0.3, -0.25) is 18.8 Å². The average molecular weight is 375 g/mol. The quantitative estimate of drug-likeness (QED) is 0.649. The number of carbonyl (C=O) groups excluding carboxylic acids is 1. The molecule has 1 aliphatic heterocycles. The predicted octanol–water partition coefficient (Wildman–Crippen LogP) is -0.277. The standard InChI is InChI=1S/C16H17N5O4S/c22-8-13(23)12-5-10-6-19(2-3-21(10)18-12)14(24)7-20-9-17-11-1-4-26-15(11)16(20)25/h1,4-5,9,13,22-23H,2-3,6-8H2/t13-/m0/s1. The van der Waals surface area contributed by atoms with E-state index in [0.717, 1.165) is 5.69 Å². The van der Waals surface area contributed by atoms with E-state index in [1.807, 2.05) is 0 Å². The summed E-state index contributed by atoms with van der Waals surface area (Å²) in [6.45, 7) is 0.829. The lowest BCUT2D eigenvalue weighted by molar-refractivity contribution is -0.133. The van der Waals surface area contributed by atoms with Crippen LogP contribution >= 0.6 is 11.3 Å². The molecule has 0 radical (unpaired) electrons. The summed E-state index contributed by atoms with van der Waals surface area (Å²) < 4.78 is 3.59. The molecule has 0 aromatic carbocycles. The van der Waals surface area contributed by atoms with Crippen LogP contribution in [0.3, 0.4) is 0 Å². The second-order valence-electron chi connectivity index (χ2n) is 6.11. The molecule has 0 fully saturated rings. The fourth-order valence-corrected chi connectivity index (χ4v) is 3.79. The van der Waals surface area contributed by atoms with Crippen molar-refractivity contribution in [3.8, 4) is 0 Å². The molecule has 0 aliphatic carbocycles. The molecule has 3 aromatic heterocycles. The van der Waals surface area contributed by atoms with E-state index < -0.39 is 12.7 Å². The third-order valence-electron chi connectivity index (χ3n) is 4.43. The van der Waals surface area contributed by atoms with Crippen molar-refractivity contribution in [3.05, 3.63) is 45.6 Å². The number of amides is 1. The van der Waals surface area contributed by atoms with Crippen molar-refractivity contribution in [2.75, 3.05) is 13.2 Å². The van der Waals surface area contributed by atoms with E-state index in [4.69, 9.17) is 5.11 Å². The van der Waals surface area contributed by atoms with Crippen molar-refractivity contribution in [1.82, 2.24) is 24.2 Å². The number of carbonyl (C=O) groups is 1. The highest BCUT2D eigenvalue weighted by Crippen LogP contribution is 2.18. The Balaban J connectivity index is 1.51. The number of hydrogen-bond acceptors (Lipinski definition) is 7. The van der Waals surface area contributed by atoms with Crippen LogP contribution in [-0.4, -0.2) is 53.5 Å². The van der Waals surface area contributed by atoms with Gasteiger partial charge < -0.3 is 15.1 Å². The monoisotopic (exact) mass is 375 g/mol. The van der Waals surface area contributed by atoms with Gasteiger partial charge >= 0.3 is 0 Å². The average Bonchev–Trinajstić information content (AvgIpc) is 3.29. The van der Waals surface area contributed by atoms with Crippen molar-refractivity contribution in [1.29, 1.82) is 0 Å². The Labute approximate surface area is 151 Å². The number of nitrogens with zero attached hydrogens (tertiary/aromatic N) is 5. The first-order valence-electron chi connectivity index (χ1n) is 8.13. The predicted molar refractivity (Wildman–Crippen MR) is 93.6 cm³/mol. The molecule has 9 nitrogen and oxygen atoms in total. The zero-order valence-electron chi connectivity index (χ0n) is 13.8. The molecule has 1 atom stereocenters. The number of thiophene rings is 1. The second-order valence-corrected chi connectivity index (χ2v) is 7.03. The number of fused-ring (bicyclic) bond motifs is 2. The number of aromatic nitrogens is 4. The highest BCUT2D eigenvalue weighted by atomic mass is 32.1. The molecule has 2 N–H and O–H groups in total. The first kappa shape index (κ1) is 16.9. The van der Waals surface area contributed by atoms with Gasteiger partial charge in [0.2, 0.25) is 5.91 Å². The molecule has 0 saturated carbocycles. The SMILES string of the molecule is O=C(Cn1cnc2ccsc2c1=O)N1CCn2nc([C@@H](O)CO)cc2C1. The van der Waals surface area contributed by atoms with E-state index in [-0.39, 0.29) is 18.0 Å². The van der Waals surface area contributed by atoms with Gasteiger partial charge in [0, 0.05) is 6.54 Å². The number of aliphatic hydroxyl groups excluding tert-OH is 2. The fourth-order valence-electron chi connectivity index (χ4n) is 3.00. The summed E-state index contributed by atoms with van der Waals surface area (Å²) in [6.07, 6.45) is 0.374. The van der Waals surface area contributed by atoms with Gasteiger partial charge in [-0.15, -0.1) is 11.3 Å². The fraction of sp³-hybridized carbons (Fsp3) is 0.375. The molecule has 1 amide bonds. The van der Waals surface area contributed by atoms with Gasteiger partial charge in [0.15, 0.2) is 0 Å². The molecular formula is C16H17N5O4S. The highest BCUT2D eigenvalue weighted by molar-refractivity contribution is 7.17. The van der Waals surface area contributed by atoms with Crippen molar-refractivity contribution in [2.24, 2.45) is 0 Å². The van der Waals surface area contributed by atoms with Gasteiger partial charge in [-0.05, 0) is 17.5 Å². The molecule has 136 valence electrons. The first-order chi connectivity index (χ1) is 12.6. The van der Waals surface area contributed by atoms with Crippen molar-refractivity contribution in [3.63, 3.8) is 0 Å². The summed E-state index contributed by atoms with van der Waals surface area (Å²) >= 11 is 1.31. The van der Waals surface area contributed by atoms with E-state index in [1.54, 1.807) is 27.1 Å². The lowest BCUT2D eigenvalue weighted by Gasteiger charge is -2.27. The smallest absolute Gasteiger partial charge is 0.271 e. The first-order valence-corrected chi connectivity index (χ1v) is 9.00. The summed E-state index contributed by atoms with van der Waals surface area (Å²) in [7, 11) is 0. The van der Waals surface area contributed by atoms with Crippen LogP contribution in [0.5, 0.6) is 0 Å². The van der Waals surface area contributed by atoms with E-state index in [9.17, 15) is 14.7 Å². The number of hydrogen-bond donors (Lipinski definition) is 2. The van der Waals surface area contributed by atoms with Gasteiger partial charge in [0.1, 0.15) is 17.3 Å². The third-order valence-corrected chi connectivity index (χ3v) is 5.32. The lowest BCUT2D eigenvalue weighted by Crippen LogP contribution is -2.41. The van der Waals surface area contributed by atoms with Crippen LogP contribution in [0.1, 0.15) is 17.5 Å². The van der Waals surface area contributed by atoms with Crippen LogP contribution in [-0.2, 0) is 24.4 Å². The molecule has 10 heteroatoms.